The predicted octanol–water partition coefficient (Wildman–Crippen LogP) is 2.41. The van der Waals surface area contributed by atoms with E-state index in [1.807, 2.05) is 0 Å². The number of hydrogen-bond donors (Lipinski definition) is 1. The van der Waals surface area contributed by atoms with Crippen molar-refractivity contribution in [3.05, 3.63) is 40.1 Å². The summed E-state index contributed by atoms with van der Waals surface area (Å²) in [5.41, 5.74) is 1.09. The molecule has 2 rings (SSSR count). The van der Waals surface area contributed by atoms with E-state index in [0.717, 1.165) is 0 Å². The molecule has 0 bridgehead atoms. The van der Waals surface area contributed by atoms with Gasteiger partial charge < -0.3 is 10.1 Å². The van der Waals surface area contributed by atoms with Crippen LogP contribution in [0.5, 0.6) is 5.75 Å². The summed E-state index contributed by atoms with van der Waals surface area (Å²) in [6.45, 7) is 1.59. The van der Waals surface area contributed by atoms with Gasteiger partial charge in [-0.1, -0.05) is 12.1 Å². The lowest BCUT2D eigenvalue weighted by molar-refractivity contribution is -0.385. The first-order valence-corrected chi connectivity index (χ1v) is 5.92. The summed E-state index contributed by atoms with van der Waals surface area (Å²) in [6.07, 6.45) is 0. The topological polar surface area (TPSA) is 90.2 Å². The molecule has 0 atom stereocenters. The zero-order valence-electron chi connectivity index (χ0n) is 11.4. The average molecular weight is 274 g/mol. The number of aryl methyl sites for hydroxylation is 1. The van der Waals surface area contributed by atoms with Crippen LogP contribution in [0.1, 0.15) is 5.69 Å². The summed E-state index contributed by atoms with van der Waals surface area (Å²) in [5, 5.41) is 14.0. The molecule has 1 heterocycles. The third kappa shape index (κ3) is 2.51. The monoisotopic (exact) mass is 274 g/mol. The lowest BCUT2D eigenvalue weighted by Gasteiger charge is -2.08. The standard InChI is InChI=1S/C13H14N4O3/c1-8-12(17(18)19)11(16-13(14-2)15-8)9-5-4-6-10(7-9)20-3/h4-7H,1-3H3,(H,14,15,16). The Bertz CT molecular complexity index is 658. The van der Waals surface area contributed by atoms with E-state index in [-0.39, 0.29) is 11.4 Å². The van der Waals surface area contributed by atoms with Crippen LogP contribution in [-0.2, 0) is 0 Å². The van der Waals surface area contributed by atoms with Crippen LogP contribution in [-0.4, -0.2) is 29.0 Å². The molecule has 2 aromatic rings. The highest BCUT2D eigenvalue weighted by atomic mass is 16.6. The van der Waals surface area contributed by atoms with Crippen molar-refractivity contribution in [2.24, 2.45) is 0 Å². The predicted molar refractivity (Wildman–Crippen MR) is 75.0 cm³/mol. The lowest BCUT2D eigenvalue weighted by atomic mass is 10.1. The first-order chi connectivity index (χ1) is 9.56. The highest BCUT2D eigenvalue weighted by Gasteiger charge is 2.23. The molecular weight excluding hydrogens is 260 g/mol. The van der Waals surface area contributed by atoms with Gasteiger partial charge in [-0.25, -0.2) is 9.97 Å². The highest BCUT2D eigenvalue weighted by molar-refractivity contribution is 5.72. The summed E-state index contributed by atoms with van der Waals surface area (Å²) >= 11 is 0. The highest BCUT2D eigenvalue weighted by Crippen LogP contribution is 2.32. The van der Waals surface area contributed by atoms with Crippen molar-refractivity contribution in [3.63, 3.8) is 0 Å². The first kappa shape index (κ1) is 13.7. The molecule has 1 aromatic heterocycles. The van der Waals surface area contributed by atoms with E-state index >= 15 is 0 Å². The van der Waals surface area contributed by atoms with Crippen LogP contribution in [0, 0.1) is 17.0 Å². The number of aromatic nitrogens is 2. The molecule has 0 amide bonds. The Morgan fingerprint density at radius 1 is 1.35 bits per heavy atom. The molecule has 1 aromatic carbocycles. The van der Waals surface area contributed by atoms with Crippen LogP contribution in [0.3, 0.4) is 0 Å². The van der Waals surface area contributed by atoms with E-state index in [9.17, 15) is 10.1 Å². The van der Waals surface area contributed by atoms with Gasteiger partial charge in [-0.2, -0.15) is 0 Å². The number of nitrogens with one attached hydrogen (secondary N) is 1. The van der Waals surface area contributed by atoms with E-state index in [1.165, 1.54) is 7.11 Å². The van der Waals surface area contributed by atoms with Gasteiger partial charge in [0.25, 0.3) is 0 Å². The van der Waals surface area contributed by atoms with Crippen molar-refractivity contribution < 1.29 is 9.66 Å². The summed E-state index contributed by atoms with van der Waals surface area (Å²) < 4.78 is 5.13. The van der Waals surface area contributed by atoms with Gasteiger partial charge in [-0.05, 0) is 19.1 Å². The molecule has 7 heteroatoms. The van der Waals surface area contributed by atoms with Crippen LogP contribution >= 0.6 is 0 Å². The second-order valence-electron chi connectivity index (χ2n) is 4.07. The normalized spacial score (nSPS) is 10.2. The Kier molecular flexibility index (Phi) is 3.79. The van der Waals surface area contributed by atoms with Crippen molar-refractivity contribution in [2.75, 3.05) is 19.5 Å². The molecule has 0 spiro atoms. The molecule has 0 saturated heterocycles. The second-order valence-corrected chi connectivity index (χ2v) is 4.07. The maximum absolute atomic E-state index is 11.2. The summed E-state index contributed by atoms with van der Waals surface area (Å²) in [7, 11) is 3.20. The molecule has 0 saturated carbocycles. The average Bonchev–Trinajstić information content (AvgIpc) is 2.45. The van der Waals surface area contributed by atoms with Crippen LogP contribution in [0.2, 0.25) is 0 Å². The van der Waals surface area contributed by atoms with E-state index < -0.39 is 4.92 Å². The fourth-order valence-electron chi connectivity index (χ4n) is 1.87. The molecule has 7 nitrogen and oxygen atoms in total. The third-order valence-corrected chi connectivity index (χ3v) is 2.81. The van der Waals surface area contributed by atoms with Gasteiger partial charge in [0.15, 0.2) is 5.69 Å². The van der Waals surface area contributed by atoms with Gasteiger partial charge in [0.1, 0.15) is 11.4 Å². The molecule has 0 fully saturated rings. The molecular formula is C13H14N4O3. The van der Waals surface area contributed by atoms with Crippen LogP contribution in [0.4, 0.5) is 11.6 Å². The smallest absolute Gasteiger partial charge is 0.316 e. The Labute approximate surface area is 115 Å². The number of ether oxygens (including phenoxy) is 1. The van der Waals surface area contributed by atoms with Gasteiger partial charge in [0.2, 0.25) is 5.95 Å². The number of hydrogen-bond acceptors (Lipinski definition) is 6. The summed E-state index contributed by atoms with van der Waals surface area (Å²) in [5.74, 6) is 0.949. The van der Waals surface area contributed by atoms with Gasteiger partial charge >= 0.3 is 5.69 Å². The van der Waals surface area contributed by atoms with Gasteiger partial charge in [0, 0.05) is 12.6 Å². The van der Waals surface area contributed by atoms with E-state index in [2.05, 4.69) is 15.3 Å². The van der Waals surface area contributed by atoms with Crippen LogP contribution < -0.4 is 10.1 Å². The minimum atomic E-state index is -0.469. The summed E-state index contributed by atoms with van der Waals surface area (Å²) in [6, 6.07) is 6.97. The van der Waals surface area contributed by atoms with Gasteiger partial charge in [-0.3, -0.25) is 10.1 Å². The minimum Gasteiger partial charge on any atom is -0.497 e. The molecule has 0 radical (unpaired) electrons. The Hall–Kier alpha value is -2.70. The third-order valence-electron chi connectivity index (χ3n) is 2.81. The number of nitrogens with zero attached hydrogens (tertiary/aromatic N) is 3. The van der Waals surface area contributed by atoms with Crippen molar-refractivity contribution >= 4 is 11.6 Å². The Balaban J connectivity index is 2.69. The van der Waals surface area contributed by atoms with E-state index in [4.69, 9.17) is 4.74 Å². The Morgan fingerprint density at radius 2 is 2.10 bits per heavy atom. The quantitative estimate of drug-likeness (QED) is 0.680. The van der Waals surface area contributed by atoms with Crippen molar-refractivity contribution in [1.29, 1.82) is 0 Å². The van der Waals surface area contributed by atoms with E-state index in [1.54, 1.807) is 38.2 Å². The number of nitro groups is 1. The van der Waals surface area contributed by atoms with Gasteiger partial charge in [0.05, 0.1) is 12.0 Å². The lowest BCUT2D eigenvalue weighted by Crippen LogP contribution is -2.05. The van der Waals surface area contributed by atoms with E-state index in [0.29, 0.717) is 23.0 Å². The van der Waals surface area contributed by atoms with Crippen molar-refractivity contribution in [2.45, 2.75) is 6.92 Å². The fraction of sp³-hybridized carbons (Fsp3) is 0.231. The maximum Gasteiger partial charge on any atom is 0.316 e. The number of benzene rings is 1. The molecule has 0 aliphatic heterocycles. The van der Waals surface area contributed by atoms with Crippen LogP contribution in [0.15, 0.2) is 24.3 Å². The molecule has 1 N–H and O–H groups in total. The minimum absolute atomic E-state index is 0.0998. The SMILES string of the molecule is CNc1nc(C)c([N+](=O)[O-])c(-c2cccc(OC)c2)n1. The molecule has 0 unspecified atom stereocenters. The second kappa shape index (κ2) is 5.52. The zero-order chi connectivity index (χ0) is 14.7. The maximum atomic E-state index is 11.2. The molecule has 0 aliphatic carbocycles. The Morgan fingerprint density at radius 3 is 2.70 bits per heavy atom. The number of rotatable bonds is 4. The molecule has 0 aliphatic rings. The van der Waals surface area contributed by atoms with Crippen molar-refractivity contribution in [1.82, 2.24) is 9.97 Å². The zero-order valence-corrected chi connectivity index (χ0v) is 11.4. The van der Waals surface area contributed by atoms with Gasteiger partial charge in [-0.15, -0.1) is 0 Å². The summed E-state index contributed by atoms with van der Waals surface area (Å²) in [4.78, 5) is 19.0. The fourth-order valence-corrected chi connectivity index (χ4v) is 1.87. The van der Waals surface area contributed by atoms with Crippen molar-refractivity contribution in [3.8, 4) is 17.0 Å². The first-order valence-electron chi connectivity index (χ1n) is 5.92. The largest absolute Gasteiger partial charge is 0.497 e. The molecule has 20 heavy (non-hydrogen) atoms. The van der Waals surface area contributed by atoms with Crippen LogP contribution in [0.25, 0.3) is 11.3 Å². The molecule has 104 valence electrons. The number of methoxy groups -OCH3 is 1. The number of anilines is 1.